The summed E-state index contributed by atoms with van der Waals surface area (Å²) in [5, 5.41) is 7.80. The largest absolute Gasteiger partial charge is 0.342 e. The lowest BCUT2D eigenvalue weighted by Crippen LogP contribution is -2.33. The molecule has 9 heteroatoms. The Labute approximate surface area is 235 Å². The van der Waals surface area contributed by atoms with Gasteiger partial charge in [0.1, 0.15) is 11.4 Å². The molecule has 1 amide bonds. The fourth-order valence-corrected chi connectivity index (χ4v) is 4.79. The Morgan fingerprint density at radius 2 is 1.76 bits per heavy atom. The number of fused-ring (bicyclic) bond motifs is 2. The Morgan fingerprint density at radius 3 is 2.56 bits per heavy atom. The second-order valence-electron chi connectivity index (χ2n) is 9.63. The number of hydrogen-bond acceptors (Lipinski definition) is 6. The van der Waals surface area contributed by atoms with Gasteiger partial charge in [-0.05, 0) is 62.7 Å². The zero-order chi connectivity index (χ0) is 28.5. The van der Waals surface area contributed by atoms with Crippen LogP contribution in [-0.2, 0) is 0 Å². The predicted molar refractivity (Wildman–Crippen MR) is 156 cm³/mol. The fraction of sp³-hybridized carbons (Fsp3) is 0.125. The molecule has 9 nitrogen and oxygen atoms in total. The third kappa shape index (κ3) is 4.72. The number of pyridine rings is 1. The first kappa shape index (κ1) is 25.6. The summed E-state index contributed by atoms with van der Waals surface area (Å²) in [4.78, 5) is 41.1. The van der Waals surface area contributed by atoms with Crippen LogP contribution < -0.4 is 10.9 Å². The summed E-state index contributed by atoms with van der Waals surface area (Å²) < 4.78 is 3.10. The molecule has 1 atom stereocenters. The topological polar surface area (TPSA) is 107 Å². The van der Waals surface area contributed by atoms with Gasteiger partial charge >= 0.3 is 0 Å². The Hall–Kier alpha value is -5.62. The number of hydrogen-bond donors (Lipinski definition) is 1. The molecule has 200 valence electrons. The highest BCUT2D eigenvalue weighted by molar-refractivity contribution is 6.01. The highest BCUT2D eigenvalue weighted by Gasteiger charge is 2.24. The number of para-hydroxylation sites is 1. The van der Waals surface area contributed by atoms with E-state index in [-0.39, 0.29) is 11.5 Å². The molecule has 0 aliphatic heterocycles. The maximum absolute atomic E-state index is 14.2. The summed E-state index contributed by atoms with van der Waals surface area (Å²) in [6.45, 7) is 5.53. The van der Waals surface area contributed by atoms with Crippen LogP contribution in [0.5, 0.6) is 0 Å². The molecule has 41 heavy (non-hydrogen) atoms. The minimum atomic E-state index is -0.634. The number of nitrogens with zero attached hydrogens (tertiary/aromatic N) is 6. The maximum Gasteiger partial charge on any atom is 0.267 e. The standard InChI is InChI=1S/C32H25N7O2/c1-20-15-17-33-19-24(20)14-13-23-9-7-12-26-28(23)32(41)39(25-10-5-4-6-11-25)29(36-26)22(3)35-31(40)27-21(2)37-38-18-8-16-34-30(27)38/h4-12,15-19,22H,1-3H3,(H,35,40)/t22-/m1/s1. The van der Waals surface area contributed by atoms with Crippen molar-refractivity contribution < 1.29 is 4.79 Å². The van der Waals surface area contributed by atoms with Gasteiger partial charge in [-0.15, -0.1) is 0 Å². The Kier molecular flexibility index (Phi) is 6.57. The van der Waals surface area contributed by atoms with Crippen molar-refractivity contribution in [1.82, 2.24) is 34.4 Å². The Bertz CT molecular complexity index is 2070. The van der Waals surface area contributed by atoms with Crippen molar-refractivity contribution >= 4 is 22.5 Å². The number of aryl methyl sites for hydroxylation is 2. The van der Waals surface area contributed by atoms with E-state index in [1.807, 2.05) is 55.5 Å². The fourth-order valence-electron chi connectivity index (χ4n) is 4.79. The molecule has 0 bridgehead atoms. The molecule has 0 fully saturated rings. The van der Waals surface area contributed by atoms with Gasteiger partial charge in [0, 0.05) is 35.9 Å². The summed E-state index contributed by atoms with van der Waals surface area (Å²) in [6.07, 6.45) is 6.78. The van der Waals surface area contributed by atoms with Gasteiger partial charge in [0.15, 0.2) is 5.65 Å². The number of benzene rings is 2. The van der Waals surface area contributed by atoms with E-state index in [0.717, 1.165) is 11.1 Å². The summed E-state index contributed by atoms with van der Waals surface area (Å²) in [5.41, 5.74) is 4.55. The SMILES string of the molecule is Cc1ccncc1C#Cc1cccc2nc([C@@H](C)NC(=O)c3c(C)nn4cccnc34)n(-c3ccccc3)c(=O)c12. The smallest absolute Gasteiger partial charge is 0.267 e. The number of rotatable bonds is 4. The van der Waals surface area contributed by atoms with Gasteiger partial charge in [-0.1, -0.05) is 36.1 Å². The number of amides is 1. The van der Waals surface area contributed by atoms with E-state index in [0.29, 0.717) is 44.9 Å². The van der Waals surface area contributed by atoms with Crippen LogP contribution in [0.1, 0.15) is 51.5 Å². The van der Waals surface area contributed by atoms with Crippen LogP contribution in [0.25, 0.3) is 22.2 Å². The van der Waals surface area contributed by atoms with Crippen LogP contribution >= 0.6 is 0 Å². The molecule has 4 aromatic heterocycles. The highest BCUT2D eigenvalue weighted by atomic mass is 16.2. The zero-order valence-electron chi connectivity index (χ0n) is 22.7. The lowest BCUT2D eigenvalue weighted by Gasteiger charge is -2.20. The van der Waals surface area contributed by atoms with Crippen molar-refractivity contribution in [2.75, 3.05) is 0 Å². The monoisotopic (exact) mass is 539 g/mol. The second kappa shape index (κ2) is 10.5. The predicted octanol–water partition coefficient (Wildman–Crippen LogP) is 4.33. The number of carbonyl (C=O) groups excluding carboxylic acids is 1. The van der Waals surface area contributed by atoms with E-state index >= 15 is 0 Å². The van der Waals surface area contributed by atoms with E-state index in [9.17, 15) is 9.59 Å². The molecule has 0 saturated heterocycles. The molecule has 0 saturated carbocycles. The van der Waals surface area contributed by atoms with Crippen molar-refractivity contribution in [3.8, 4) is 17.5 Å². The van der Waals surface area contributed by atoms with E-state index in [1.54, 1.807) is 55.3 Å². The van der Waals surface area contributed by atoms with Gasteiger partial charge in [-0.2, -0.15) is 5.10 Å². The number of aromatic nitrogens is 6. The average Bonchev–Trinajstić information content (AvgIpc) is 3.32. The Morgan fingerprint density at radius 1 is 0.951 bits per heavy atom. The van der Waals surface area contributed by atoms with Crippen LogP contribution in [0.3, 0.4) is 0 Å². The van der Waals surface area contributed by atoms with Crippen LogP contribution in [0.4, 0.5) is 0 Å². The normalized spacial score (nSPS) is 11.7. The van der Waals surface area contributed by atoms with Crippen molar-refractivity contribution in [1.29, 1.82) is 0 Å². The van der Waals surface area contributed by atoms with Gasteiger partial charge in [-0.3, -0.25) is 19.1 Å². The van der Waals surface area contributed by atoms with Crippen LogP contribution in [-0.4, -0.2) is 35.0 Å². The van der Waals surface area contributed by atoms with Crippen molar-refractivity contribution in [3.63, 3.8) is 0 Å². The van der Waals surface area contributed by atoms with Crippen LogP contribution in [0.2, 0.25) is 0 Å². The lowest BCUT2D eigenvalue weighted by molar-refractivity contribution is 0.0938. The molecular weight excluding hydrogens is 514 g/mol. The first-order valence-corrected chi connectivity index (χ1v) is 13.1. The molecule has 2 aromatic carbocycles. The van der Waals surface area contributed by atoms with Crippen LogP contribution in [0, 0.1) is 25.7 Å². The molecule has 0 spiro atoms. The quantitative estimate of drug-likeness (QED) is 0.334. The summed E-state index contributed by atoms with van der Waals surface area (Å²) in [6, 6.07) is 17.7. The Balaban J connectivity index is 1.48. The third-order valence-corrected chi connectivity index (χ3v) is 6.84. The third-order valence-electron chi connectivity index (χ3n) is 6.84. The number of nitrogens with one attached hydrogen (secondary N) is 1. The molecule has 0 aliphatic rings. The maximum atomic E-state index is 14.2. The molecular formula is C32H25N7O2. The molecule has 0 unspecified atom stereocenters. The first-order valence-electron chi connectivity index (χ1n) is 13.1. The van der Waals surface area contributed by atoms with E-state index in [1.165, 1.54) is 4.57 Å². The van der Waals surface area contributed by atoms with Crippen molar-refractivity contribution in [3.05, 3.63) is 130 Å². The van der Waals surface area contributed by atoms with Gasteiger partial charge < -0.3 is 5.32 Å². The summed E-state index contributed by atoms with van der Waals surface area (Å²) in [5.74, 6) is 6.33. The minimum Gasteiger partial charge on any atom is -0.342 e. The first-order chi connectivity index (χ1) is 19.9. The molecule has 4 heterocycles. The summed E-state index contributed by atoms with van der Waals surface area (Å²) >= 11 is 0. The number of carbonyl (C=O) groups is 1. The highest BCUT2D eigenvalue weighted by Crippen LogP contribution is 2.21. The molecule has 0 radical (unpaired) electrons. The second-order valence-corrected chi connectivity index (χ2v) is 9.63. The van der Waals surface area contributed by atoms with Crippen molar-refractivity contribution in [2.45, 2.75) is 26.8 Å². The van der Waals surface area contributed by atoms with E-state index < -0.39 is 6.04 Å². The van der Waals surface area contributed by atoms with Gasteiger partial charge in [-0.25, -0.2) is 14.5 Å². The zero-order valence-corrected chi connectivity index (χ0v) is 22.7. The molecule has 1 N–H and O–H groups in total. The van der Waals surface area contributed by atoms with Crippen molar-refractivity contribution in [2.24, 2.45) is 0 Å². The average molecular weight is 540 g/mol. The molecule has 0 aliphatic carbocycles. The summed E-state index contributed by atoms with van der Waals surface area (Å²) in [7, 11) is 0. The lowest BCUT2D eigenvalue weighted by atomic mass is 10.1. The van der Waals surface area contributed by atoms with Gasteiger partial charge in [0.05, 0.1) is 28.3 Å². The van der Waals surface area contributed by atoms with E-state index in [2.05, 4.69) is 32.2 Å². The van der Waals surface area contributed by atoms with Gasteiger partial charge in [0.25, 0.3) is 11.5 Å². The molecule has 6 aromatic rings. The molecule has 6 rings (SSSR count). The van der Waals surface area contributed by atoms with E-state index in [4.69, 9.17) is 4.98 Å². The minimum absolute atomic E-state index is 0.279. The van der Waals surface area contributed by atoms with Gasteiger partial charge in [0.2, 0.25) is 0 Å². The van der Waals surface area contributed by atoms with Crippen LogP contribution in [0.15, 0.2) is 90.2 Å².